The van der Waals surface area contributed by atoms with Crippen LogP contribution >= 0.6 is 27.2 Å². The van der Waals surface area contributed by atoms with Crippen LogP contribution in [-0.2, 0) is 38.8 Å². The number of rotatable bonds is 13. The number of para-hydroxylation sites is 1. The highest BCUT2D eigenvalue weighted by molar-refractivity contribution is 7.63. The highest BCUT2D eigenvalue weighted by atomic mass is 35.5. The van der Waals surface area contributed by atoms with E-state index in [1.54, 1.807) is 36.4 Å². The molecule has 6 atom stereocenters. The number of anilines is 1. The minimum atomic E-state index is -5.60. The molecule has 1 aliphatic rings. The Bertz CT molecular complexity index is 1820. The van der Waals surface area contributed by atoms with Crippen LogP contribution in [0.1, 0.15) is 25.6 Å². The van der Waals surface area contributed by atoms with Gasteiger partial charge >= 0.3 is 13.7 Å². The Balaban J connectivity index is 1.29. The Labute approximate surface area is 272 Å². The Morgan fingerprint density at radius 2 is 1.83 bits per heavy atom. The lowest BCUT2D eigenvalue weighted by Gasteiger charge is -2.33. The molecule has 0 amide bonds. The maximum absolute atomic E-state index is 15.2. The molecule has 4 aromatic rings. The van der Waals surface area contributed by atoms with E-state index in [0.717, 1.165) is 10.9 Å². The summed E-state index contributed by atoms with van der Waals surface area (Å²) in [6.07, 6.45) is -5.98. The van der Waals surface area contributed by atoms with Gasteiger partial charge in [-0.15, -0.1) is 0 Å². The van der Waals surface area contributed by atoms with Gasteiger partial charge in [-0.1, -0.05) is 48.5 Å². The Kier molecular flexibility index (Phi) is 10.3. The van der Waals surface area contributed by atoms with Crippen LogP contribution in [0.25, 0.3) is 11.2 Å². The largest absolute Gasteiger partial charge is 0.756 e. The number of carbonyl (C=O) groups excluding carboxylic acids is 1. The molecule has 1 fully saturated rings. The average molecular weight is 714 g/mol. The Hall–Kier alpha value is -3.50. The number of aromatic nitrogens is 4. The Morgan fingerprint density at radius 1 is 1.17 bits per heavy atom. The van der Waals surface area contributed by atoms with Crippen LogP contribution in [0.2, 0.25) is 5.28 Å². The van der Waals surface area contributed by atoms with Crippen molar-refractivity contribution in [2.75, 3.05) is 12.3 Å². The molecule has 4 N–H and O–H groups in total. The smallest absolute Gasteiger partial charge is 0.466 e. The fraction of sp³-hybridized carbons (Fsp3) is 0.333. The summed E-state index contributed by atoms with van der Waals surface area (Å²) in [4.78, 5) is 37.7. The number of aliphatic hydroxyl groups excluding tert-OH is 1. The normalized spacial score (nSPS) is 22.4. The standard InChI is InChI=1S/C27H30ClFN6O10P2/c1-27(2,25(37)41-13-16-9-5-3-6-10-16)34-46(38,44-17-11-7-4-8-12-17)45-47(39,40)42-14-18-21(36)19(29)24(43-18)35-15-31-20-22(30)32-26(28)33-23(20)35/h3-12,15,18-19,21,24,36H,13-14H2,1-2H3,(H,34,38)(H,39,40)(H2,30,32,33)/p-1/t18-,19-,21?,24-,46?/m1/s1. The van der Waals surface area contributed by atoms with E-state index in [0.29, 0.717) is 5.56 Å². The van der Waals surface area contributed by atoms with Gasteiger partial charge in [0.15, 0.2) is 23.9 Å². The number of nitrogen functional groups attached to an aromatic ring is 1. The van der Waals surface area contributed by atoms with Crippen molar-refractivity contribution >= 4 is 50.1 Å². The Morgan fingerprint density at radius 3 is 2.51 bits per heavy atom. The topological polar surface area (TPSA) is 222 Å². The number of fused-ring (bicyclic) bond motifs is 1. The highest BCUT2D eigenvalue weighted by Gasteiger charge is 2.47. The fourth-order valence-corrected chi connectivity index (χ4v) is 7.71. The number of hydrogen-bond acceptors (Lipinski definition) is 14. The summed E-state index contributed by atoms with van der Waals surface area (Å²) in [6, 6.07) is 16.1. The number of nitrogens with one attached hydrogen (secondary N) is 1. The lowest BCUT2D eigenvalue weighted by Crippen LogP contribution is -2.47. The molecule has 2 aromatic heterocycles. The molecule has 0 spiro atoms. The van der Waals surface area contributed by atoms with Gasteiger partial charge in [-0.3, -0.25) is 13.9 Å². The van der Waals surface area contributed by atoms with Gasteiger partial charge in [0.1, 0.15) is 35.6 Å². The van der Waals surface area contributed by atoms with E-state index < -0.39 is 58.3 Å². The number of carbonyl (C=O) groups is 1. The number of nitrogens with two attached hydrogens (primary N) is 1. The third-order valence-electron chi connectivity index (χ3n) is 6.70. The molecule has 1 aliphatic heterocycles. The summed E-state index contributed by atoms with van der Waals surface area (Å²) in [7, 11) is -10.6. The summed E-state index contributed by atoms with van der Waals surface area (Å²) in [6.45, 7) is 1.45. The van der Waals surface area contributed by atoms with Crippen LogP contribution in [0.4, 0.5) is 10.2 Å². The van der Waals surface area contributed by atoms with Gasteiger partial charge in [0.25, 0.3) is 7.82 Å². The summed E-state index contributed by atoms with van der Waals surface area (Å²) >= 11 is 5.86. The maximum Gasteiger partial charge on any atom is 0.466 e. The molecule has 47 heavy (non-hydrogen) atoms. The number of benzene rings is 2. The van der Waals surface area contributed by atoms with Crippen LogP contribution in [0.15, 0.2) is 67.0 Å². The van der Waals surface area contributed by atoms with Crippen LogP contribution in [0, 0.1) is 0 Å². The van der Waals surface area contributed by atoms with Crippen molar-refractivity contribution < 1.29 is 51.1 Å². The van der Waals surface area contributed by atoms with Crippen LogP contribution in [0.3, 0.4) is 0 Å². The van der Waals surface area contributed by atoms with Crippen molar-refractivity contribution in [1.82, 2.24) is 24.6 Å². The van der Waals surface area contributed by atoms with E-state index in [1.165, 1.54) is 38.1 Å². The number of phosphoric acid groups is 1. The van der Waals surface area contributed by atoms with E-state index >= 15 is 4.39 Å². The molecule has 5 rings (SSSR count). The zero-order valence-corrected chi connectivity index (χ0v) is 27.3. The lowest BCUT2D eigenvalue weighted by atomic mass is 10.1. The molecule has 0 radical (unpaired) electrons. The minimum Gasteiger partial charge on any atom is -0.756 e. The fourth-order valence-electron chi connectivity index (χ4n) is 4.45. The van der Waals surface area contributed by atoms with Crippen LogP contribution in [-0.4, -0.2) is 61.1 Å². The van der Waals surface area contributed by atoms with Crippen molar-refractivity contribution in [2.45, 2.75) is 50.6 Å². The summed E-state index contributed by atoms with van der Waals surface area (Å²) in [5, 5.41) is 12.6. The van der Waals surface area contributed by atoms with Crippen molar-refractivity contribution in [3.8, 4) is 5.75 Å². The van der Waals surface area contributed by atoms with Gasteiger partial charge < -0.3 is 34.3 Å². The molecule has 2 aromatic carbocycles. The molecule has 0 aliphatic carbocycles. The van der Waals surface area contributed by atoms with Crippen molar-refractivity contribution in [2.24, 2.45) is 0 Å². The molecule has 252 valence electrons. The number of imidazole rings is 1. The molecule has 3 unspecified atom stereocenters. The molecule has 1 saturated heterocycles. The number of esters is 1. The molecule has 3 heterocycles. The summed E-state index contributed by atoms with van der Waals surface area (Å²) < 4.78 is 69.2. The van der Waals surface area contributed by atoms with Gasteiger partial charge in [0.2, 0.25) is 5.28 Å². The number of alkyl halides is 1. The lowest BCUT2D eigenvalue weighted by molar-refractivity contribution is -0.220. The monoisotopic (exact) mass is 713 g/mol. The number of hydrogen-bond donors (Lipinski definition) is 3. The summed E-state index contributed by atoms with van der Waals surface area (Å²) in [5.74, 6) is -1.07. The first-order chi connectivity index (χ1) is 22.2. The summed E-state index contributed by atoms with van der Waals surface area (Å²) in [5.41, 5.74) is 4.73. The number of halogens is 2. The zero-order valence-electron chi connectivity index (χ0n) is 24.7. The first kappa shape index (κ1) is 34.8. The van der Waals surface area contributed by atoms with Gasteiger partial charge in [0.05, 0.1) is 12.9 Å². The van der Waals surface area contributed by atoms with Crippen LogP contribution < -0.4 is 20.2 Å². The van der Waals surface area contributed by atoms with E-state index in [2.05, 4.69) is 20.0 Å². The predicted octanol–water partition coefficient (Wildman–Crippen LogP) is 3.46. The molecular weight excluding hydrogens is 685 g/mol. The number of aliphatic hydroxyl groups is 1. The molecule has 20 heteroatoms. The van der Waals surface area contributed by atoms with E-state index in [4.69, 9.17) is 40.2 Å². The first-order valence-corrected chi connectivity index (χ1v) is 17.2. The van der Waals surface area contributed by atoms with Gasteiger partial charge in [-0.2, -0.15) is 15.1 Å². The first-order valence-electron chi connectivity index (χ1n) is 13.8. The van der Waals surface area contributed by atoms with Gasteiger partial charge in [0, 0.05) is 0 Å². The number of phosphoric ester groups is 1. The quantitative estimate of drug-likeness (QED) is 0.103. The van der Waals surface area contributed by atoms with E-state index in [-0.39, 0.29) is 34.6 Å². The second kappa shape index (κ2) is 13.9. The third kappa shape index (κ3) is 8.33. The van der Waals surface area contributed by atoms with Gasteiger partial charge in [-0.05, 0) is 43.1 Å². The molecule has 0 bridgehead atoms. The maximum atomic E-state index is 15.2. The molecule has 0 saturated carbocycles. The number of ether oxygens (including phenoxy) is 2. The number of nitrogens with zero attached hydrogens (tertiary/aromatic N) is 4. The third-order valence-corrected chi connectivity index (χ3v) is 10.3. The van der Waals surface area contributed by atoms with E-state index in [1.807, 2.05) is 0 Å². The van der Waals surface area contributed by atoms with Crippen molar-refractivity contribution in [3.63, 3.8) is 0 Å². The van der Waals surface area contributed by atoms with Gasteiger partial charge in [-0.25, -0.2) is 18.3 Å². The average Bonchev–Trinajstić information content (AvgIpc) is 3.55. The predicted molar refractivity (Wildman–Crippen MR) is 162 cm³/mol. The van der Waals surface area contributed by atoms with E-state index in [9.17, 15) is 23.9 Å². The minimum absolute atomic E-state index is 0.00303. The van der Waals surface area contributed by atoms with Crippen LogP contribution in [0.5, 0.6) is 5.75 Å². The highest BCUT2D eigenvalue weighted by Crippen LogP contribution is 2.59. The molecule has 16 nitrogen and oxygen atoms in total. The molecular formula is C27H29ClFN6O10P2-. The second-order valence-electron chi connectivity index (χ2n) is 10.7. The SMILES string of the molecule is CC(C)(NP(=O)(Oc1ccccc1)OP(=O)([O-])OC[C@H]1O[C@@H](n2cnc3c(N)nc(Cl)nc32)[C@H](F)C1O)C(=O)OCc1ccccc1. The second-order valence-corrected chi connectivity index (χ2v) is 14.3. The van der Waals surface area contributed by atoms with Crippen molar-refractivity contribution in [3.05, 3.63) is 77.8 Å². The zero-order chi connectivity index (χ0) is 34.0. The van der Waals surface area contributed by atoms with Crippen molar-refractivity contribution in [1.29, 1.82) is 0 Å².